The second kappa shape index (κ2) is 7.56. The van der Waals surface area contributed by atoms with Crippen molar-refractivity contribution < 1.29 is 13.2 Å². The smallest absolute Gasteiger partial charge is 0.429 e. The van der Waals surface area contributed by atoms with Crippen molar-refractivity contribution in [2.45, 2.75) is 19.6 Å². The minimum Gasteiger partial charge on any atom is -0.518 e. The van der Waals surface area contributed by atoms with Crippen molar-refractivity contribution in [3.8, 4) is 0 Å². The van der Waals surface area contributed by atoms with Gasteiger partial charge in [-0.05, 0) is 30.1 Å². The van der Waals surface area contributed by atoms with Gasteiger partial charge in [-0.15, -0.1) is 11.3 Å². The maximum Gasteiger partial charge on any atom is 0.429 e. The molecule has 2 heterocycles. The highest BCUT2D eigenvalue weighted by Crippen LogP contribution is 2.31. The third-order valence-electron chi connectivity index (χ3n) is 5.30. The summed E-state index contributed by atoms with van der Waals surface area (Å²) >= 11 is 1.59. The predicted octanol–water partition coefficient (Wildman–Crippen LogP) is 4.73. The molecule has 1 aromatic heterocycles. The van der Waals surface area contributed by atoms with Crippen LogP contribution in [-0.4, -0.2) is 23.1 Å². The van der Waals surface area contributed by atoms with Gasteiger partial charge in [0.05, 0.1) is 5.71 Å². The van der Waals surface area contributed by atoms with Crippen molar-refractivity contribution >= 4 is 34.4 Å². The molecule has 0 aliphatic carbocycles. The Balaban J connectivity index is 2.01. The Morgan fingerprint density at radius 1 is 0.897 bits per heavy atom. The van der Waals surface area contributed by atoms with E-state index in [9.17, 15) is 13.2 Å². The zero-order valence-electron chi connectivity index (χ0n) is 15.8. The number of thiophene rings is 1. The van der Waals surface area contributed by atoms with E-state index < -0.39 is 18.3 Å². The first-order valence-electron chi connectivity index (χ1n) is 9.32. The third-order valence-corrected chi connectivity index (χ3v) is 6.16. The molecule has 2 aromatic carbocycles. The van der Waals surface area contributed by atoms with E-state index in [4.69, 9.17) is 0 Å². The Labute approximate surface area is 172 Å². The van der Waals surface area contributed by atoms with Gasteiger partial charge in [-0.1, -0.05) is 66.7 Å². The summed E-state index contributed by atoms with van der Waals surface area (Å²) < 4.78 is 41.4. The van der Waals surface area contributed by atoms with Crippen molar-refractivity contribution in [2.24, 2.45) is 4.90 Å². The van der Waals surface area contributed by atoms with E-state index in [0.29, 0.717) is 12.2 Å². The van der Waals surface area contributed by atoms with Gasteiger partial charge in [-0.3, -0.25) is 0 Å². The fourth-order valence-corrected chi connectivity index (χ4v) is 4.71. The maximum absolute atomic E-state index is 13.8. The van der Waals surface area contributed by atoms with Crippen LogP contribution in [0, 0.1) is 0 Å². The standard InChI is InChI=1S/C22H19BF3N2S/c1-17-15-21(22(24,25)26)27-23(18-9-4-2-5-10-18,19-11-6-3-7-12-19)28(17)16-20-13-8-14-29-20/h2-15H,16H2,1H3/q-1. The molecule has 0 spiro atoms. The number of nitrogens with zero attached hydrogens (tertiary/aromatic N) is 2. The molecule has 0 amide bonds. The number of hydrogen-bond donors (Lipinski definition) is 0. The summed E-state index contributed by atoms with van der Waals surface area (Å²) in [6.45, 7) is 2.22. The molecule has 0 N–H and O–H groups in total. The van der Waals surface area contributed by atoms with E-state index >= 15 is 0 Å². The average Bonchev–Trinajstić information content (AvgIpc) is 3.23. The monoisotopic (exact) mass is 411 g/mol. The van der Waals surface area contributed by atoms with Gasteiger partial charge in [0.15, 0.2) is 0 Å². The summed E-state index contributed by atoms with van der Waals surface area (Å²) in [6.07, 6.45) is -5.58. The molecule has 3 aromatic rings. The van der Waals surface area contributed by atoms with Crippen LogP contribution in [0.3, 0.4) is 0 Å². The van der Waals surface area contributed by atoms with Gasteiger partial charge in [0.25, 0.3) is 6.42 Å². The van der Waals surface area contributed by atoms with Crippen molar-refractivity contribution in [1.29, 1.82) is 0 Å². The number of rotatable bonds is 4. The summed E-state index contributed by atoms with van der Waals surface area (Å²) in [4.78, 5) is 7.54. The van der Waals surface area contributed by atoms with Crippen LogP contribution in [0.5, 0.6) is 0 Å². The SMILES string of the molecule is CC1=CC(C(F)(F)F)=N[B-](c2ccccc2)(c2ccccc2)N1Cc1cccs1. The van der Waals surface area contributed by atoms with E-state index in [2.05, 4.69) is 4.90 Å². The lowest BCUT2D eigenvalue weighted by atomic mass is 9.35. The van der Waals surface area contributed by atoms with Crippen LogP contribution < -0.4 is 10.9 Å². The van der Waals surface area contributed by atoms with Gasteiger partial charge in [-0.2, -0.15) is 24.1 Å². The van der Waals surface area contributed by atoms with E-state index in [1.807, 2.05) is 83.0 Å². The van der Waals surface area contributed by atoms with Gasteiger partial charge in [0.1, 0.15) is 0 Å². The number of alkyl halides is 3. The lowest BCUT2D eigenvalue weighted by Gasteiger charge is -2.54. The Hall–Kier alpha value is -2.80. The van der Waals surface area contributed by atoms with Crippen LogP contribution in [0.2, 0.25) is 0 Å². The molecule has 0 fully saturated rings. The molecule has 1 aliphatic rings. The lowest BCUT2D eigenvalue weighted by Crippen LogP contribution is -2.70. The predicted molar refractivity (Wildman–Crippen MR) is 115 cm³/mol. The topological polar surface area (TPSA) is 15.6 Å². The molecule has 0 atom stereocenters. The first kappa shape index (κ1) is 19.5. The quantitative estimate of drug-likeness (QED) is 0.567. The number of allylic oxidation sites excluding steroid dienone is 2. The molecule has 4 rings (SSSR count). The molecule has 7 heteroatoms. The van der Waals surface area contributed by atoms with Crippen LogP contribution >= 0.6 is 11.3 Å². The fraction of sp³-hybridized carbons (Fsp3) is 0.136. The van der Waals surface area contributed by atoms with E-state index in [-0.39, 0.29) is 0 Å². The normalized spacial score (nSPS) is 16.3. The van der Waals surface area contributed by atoms with Crippen molar-refractivity contribution in [1.82, 2.24) is 4.81 Å². The lowest BCUT2D eigenvalue weighted by molar-refractivity contribution is -0.0577. The van der Waals surface area contributed by atoms with E-state index in [1.165, 1.54) is 0 Å². The Morgan fingerprint density at radius 3 is 1.97 bits per heavy atom. The molecule has 0 saturated carbocycles. The summed E-state index contributed by atoms with van der Waals surface area (Å²) in [5.41, 5.74) is 1.22. The second-order valence-corrected chi connectivity index (χ2v) is 8.13. The molecule has 29 heavy (non-hydrogen) atoms. The van der Waals surface area contributed by atoms with E-state index in [0.717, 1.165) is 21.9 Å². The molecular formula is C22H19BF3N2S-. The molecule has 0 saturated heterocycles. The Kier molecular flexibility index (Phi) is 5.09. The second-order valence-electron chi connectivity index (χ2n) is 7.10. The number of benzene rings is 2. The molecule has 0 radical (unpaired) electrons. The fourth-order valence-electron chi connectivity index (χ4n) is 4.01. The molecular weight excluding hydrogens is 392 g/mol. The summed E-state index contributed by atoms with van der Waals surface area (Å²) in [6, 6.07) is 22.5. The third kappa shape index (κ3) is 3.62. The minimum atomic E-state index is -4.52. The largest absolute Gasteiger partial charge is 0.518 e. The zero-order valence-corrected chi connectivity index (χ0v) is 16.6. The first-order valence-corrected chi connectivity index (χ1v) is 10.2. The molecule has 148 valence electrons. The zero-order chi connectivity index (χ0) is 20.5. The first-order chi connectivity index (χ1) is 13.9. The van der Waals surface area contributed by atoms with Gasteiger partial charge >= 0.3 is 6.18 Å². The van der Waals surface area contributed by atoms with Crippen LogP contribution in [-0.2, 0) is 6.54 Å². The van der Waals surface area contributed by atoms with Gasteiger partial charge in [0, 0.05) is 11.4 Å². The van der Waals surface area contributed by atoms with Crippen LogP contribution in [0.1, 0.15) is 11.8 Å². The number of halogens is 3. The van der Waals surface area contributed by atoms with Crippen molar-refractivity contribution in [3.63, 3.8) is 0 Å². The van der Waals surface area contributed by atoms with Crippen LogP contribution in [0.4, 0.5) is 13.2 Å². The summed E-state index contributed by atoms with van der Waals surface area (Å²) in [5, 5.41) is 1.97. The van der Waals surface area contributed by atoms with Crippen LogP contribution in [0.25, 0.3) is 0 Å². The van der Waals surface area contributed by atoms with Gasteiger partial charge < -0.3 is 9.71 Å². The van der Waals surface area contributed by atoms with Gasteiger partial charge in [-0.25, -0.2) is 0 Å². The Bertz CT molecular complexity index is 989. The van der Waals surface area contributed by atoms with Gasteiger partial charge in [0.2, 0.25) is 0 Å². The number of hydrogen-bond acceptors (Lipinski definition) is 3. The molecule has 2 nitrogen and oxygen atoms in total. The summed E-state index contributed by atoms with van der Waals surface area (Å²) in [7, 11) is 0. The highest BCUT2D eigenvalue weighted by atomic mass is 32.1. The highest BCUT2D eigenvalue weighted by molar-refractivity contribution is 7.10. The van der Waals surface area contributed by atoms with Crippen LogP contribution in [0.15, 0.2) is 94.9 Å². The van der Waals surface area contributed by atoms with Crippen molar-refractivity contribution in [3.05, 3.63) is 94.8 Å². The van der Waals surface area contributed by atoms with Crippen molar-refractivity contribution in [2.75, 3.05) is 0 Å². The Morgan fingerprint density at radius 2 is 1.48 bits per heavy atom. The minimum absolute atomic E-state index is 0.485. The maximum atomic E-state index is 13.8. The van der Waals surface area contributed by atoms with E-state index in [1.54, 1.807) is 18.3 Å². The molecule has 0 unspecified atom stereocenters. The molecule has 1 aliphatic heterocycles. The highest BCUT2D eigenvalue weighted by Gasteiger charge is 2.43. The average molecular weight is 411 g/mol. The summed E-state index contributed by atoms with van der Waals surface area (Å²) in [5.74, 6) is 0. The molecule has 0 bridgehead atoms.